The fraction of sp³-hybridized carbons (Fsp3) is 0.571. The molecule has 0 heterocycles. The van der Waals surface area contributed by atoms with Gasteiger partial charge in [-0.2, -0.15) is 0 Å². The maximum atomic E-state index is 10.7. The van der Waals surface area contributed by atoms with E-state index in [2.05, 4.69) is 16.6 Å². The Hall–Kier alpha value is -1.03. The van der Waals surface area contributed by atoms with E-state index in [4.69, 9.17) is 4.74 Å². The summed E-state index contributed by atoms with van der Waals surface area (Å²) in [5.74, 6) is 0. The first-order valence-corrected chi connectivity index (χ1v) is 3.33. The summed E-state index contributed by atoms with van der Waals surface area (Å²) in [6.07, 6.45) is 0.491. The molecular formula is C7H13NO3. The van der Waals surface area contributed by atoms with Crippen LogP contribution in [0, 0.1) is 0 Å². The van der Waals surface area contributed by atoms with E-state index in [1.807, 2.05) is 0 Å². The summed E-state index contributed by atoms with van der Waals surface area (Å²) in [7, 11) is 1.47. The molecule has 0 bridgehead atoms. The molecule has 1 atom stereocenters. The molecule has 0 radical (unpaired) electrons. The quantitative estimate of drug-likeness (QED) is 0.489. The molecule has 1 unspecified atom stereocenters. The first-order valence-electron chi connectivity index (χ1n) is 3.33. The third-order valence-electron chi connectivity index (χ3n) is 1.00. The number of ether oxygens (including phenoxy) is 2. The topological polar surface area (TPSA) is 47.6 Å². The number of rotatable bonds is 4. The van der Waals surface area contributed by atoms with Gasteiger partial charge in [0.25, 0.3) is 0 Å². The molecule has 0 fully saturated rings. The van der Waals surface area contributed by atoms with E-state index >= 15 is 0 Å². The summed E-state index contributed by atoms with van der Waals surface area (Å²) >= 11 is 0. The van der Waals surface area contributed by atoms with Crippen LogP contribution in [0.3, 0.4) is 0 Å². The molecule has 0 aromatic carbocycles. The van der Waals surface area contributed by atoms with Crippen LogP contribution in [0.15, 0.2) is 12.7 Å². The van der Waals surface area contributed by atoms with Crippen LogP contribution in [-0.4, -0.2) is 26.0 Å². The largest absolute Gasteiger partial charge is 0.450 e. The Labute approximate surface area is 66.2 Å². The fourth-order valence-electron chi connectivity index (χ4n) is 0.503. The second kappa shape index (κ2) is 5.73. The molecule has 1 amide bonds. The fourth-order valence-corrected chi connectivity index (χ4v) is 0.503. The van der Waals surface area contributed by atoms with Crippen molar-refractivity contribution in [1.29, 1.82) is 0 Å². The molecule has 4 nitrogen and oxygen atoms in total. The van der Waals surface area contributed by atoms with Crippen molar-refractivity contribution in [2.24, 2.45) is 0 Å². The lowest BCUT2D eigenvalue weighted by Gasteiger charge is -2.11. The van der Waals surface area contributed by atoms with Crippen LogP contribution in [0.5, 0.6) is 0 Å². The van der Waals surface area contributed by atoms with Gasteiger partial charge in [-0.1, -0.05) is 6.58 Å². The molecule has 64 valence electrons. The third-order valence-corrected chi connectivity index (χ3v) is 1.00. The molecule has 1 N–H and O–H groups in total. The zero-order valence-electron chi connectivity index (χ0n) is 6.79. The summed E-state index contributed by atoms with van der Waals surface area (Å²) in [5.41, 5.74) is 0. The van der Waals surface area contributed by atoms with Gasteiger partial charge in [0, 0.05) is 7.11 Å². The van der Waals surface area contributed by atoms with Crippen molar-refractivity contribution in [2.45, 2.75) is 13.2 Å². The average molecular weight is 159 g/mol. The van der Waals surface area contributed by atoms with E-state index in [1.165, 1.54) is 13.2 Å². The SMILES string of the molecule is C=CC(NC(=O)OCC)OC. The van der Waals surface area contributed by atoms with Gasteiger partial charge in [-0.25, -0.2) is 4.79 Å². The molecule has 0 spiro atoms. The standard InChI is InChI=1S/C7H13NO3/c1-4-6(10-3)8-7(9)11-5-2/h4,6H,1,5H2,2-3H3,(H,8,9). The third kappa shape index (κ3) is 4.38. The van der Waals surface area contributed by atoms with Crippen molar-refractivity contribution in [3.05, 3.63) is 12.7 Å². The van der Waals surface area contributed by atoms with Crippen LogP contribution < -0.4 is 5.32 Å². The van der Waals surface area contributed by atoms with E-state index < -0.39 is 12.3 Å². The zero-order valence-corrected chi connectivity index (χ0v) is 6.79. The van der Waals surface area contributed by atoms with Crippen molar-refractivity contribution < 1.29 is 14.3 Å². The number of amides is 1. The van der Waals surface area contributed by atoms with Gasteiger partial charge >= 0.3 is 6.09 Å². The average Bonchev–Trinajstić information content (AvgIpc) is 2.01. The second-order valence-corrected chi connectivity index (χ2v) is 1.76. The Morgan fingerprint density at radius 3 is 2.82 bits per heavy atom. The minimum Gasteiger partial charge on any atom is -0.450 e. The molecule has 0 aliphatic heterocycles. The Morgan fingerprint density at radius 2 is 2.45 bits per heavy atom. The van der Waals surface area contributed by atoms with E-state index in [0.29, 0.717) is 6.61 Å². The first kappa shape index (κ1) is 9.97. The number of carbonyl (C=O) groups is 1. The van der Waals surface area contributed by atoms with E-state index in [9.17, 15) is 4.79 Å². The number of carbonyl (C=O) groups excluding carboxylic acids is 1. The van der Waals surface area contributed by atoms with Crippen LogP contribution in [-0.2, 0) is 9.47 Å². The molecule has 11 heavy (non-hydrogen) atoms. The van der Waals surface area contributed by atoms with Gasteiger partial charge in [0.1, 0.15) is 0 Å². The summed E-state index contributed by atoms with van der Waals surface area (Å²) < 4.78 is 9.38. The first-order chi connectivity index (χ1) is 5.24. The molecule has 0 rings (SSSR count). The van der Waals surface area contributed by atoms with Crippen molar-refractivity contribution in [3.63, 3.8) is 0 Å². The van der Waals surface area contributed by atoms with Crippen molar-refractivity contribution in [1.82, 2.24) is 5.32 Å². The van der Waals surface area contributed by atoms with E-state index in [-0.39, 0.29) is 0 Å². The molecule has 0 aliphatic carbocycles. The van der Waals surface area contributed by atoms with Gasteiger partial charge in [-0.15, -0.1) is 0 Å². The highest BCUT2D eigenvalue weighted by molar-refractivity contribution is 5.67. The van der Waals surface area contributed by atoms with Crippen LogP contribution >= 0.6 is 0 Å². The lowest BCUT2D eigenvalue weighted by molar-refractivity contribution is 0.0910. The predicted octanol–water partition coefficient (Wildman–Crippen LogP) is 0.891. The molecule has 4 heteroatoms. The molecule has 0 aliphatic rings. The zero-order chi connectivity index (χ0) is 8.69. The Morgan fingerprint density at radius 1 is 1.82 bits per heavy atom. The van der Waals surface area contributed by atoms with Crippen LogP contribution in [0.2, 0.25) is 0 Å². The lowest BCUT2D eigenvalue weighted by atomic mass is 10.5. The van der Waals surface area contributed by atoms with Crippen LogP contribution in [0.4, 0.5) is 4.79 Å². The molecule has 0 aromatic heterocycles. The maximum Gasteiger partial charge on any atom is 0.409 e. The number of hydrogen-bond acceptors (Lipinski definition) is 3. The predicted molar refractivity (Wildman–Crippen MR) is 41.2 cm³/mol. The highest BCUT2D eigenvalue weighted by atomic mass is 16.6. The summed E-state index contributed by atoms with van der Waals surface area (Å²) in [6.45, 7) is 5.53. The number of hydrogen-bond donors (Lipinski definition) is 1. The Bertz CT molecular complexity index is 136. The van der Waals surface area contributed by atoms with Crippen LogP contribution in [0.25, 0.3) is 0 Å². The highest BCUT2D eigenvalue weighted by Gasteiger charge is 2.05. The van der Waals surface area contributed by atoms with Crippen molar-refractivity contribution in [2.75, 3.05) is 13.7 Å². The van der Waals surface area contributed by atoms with Gasteiger partial charge in [0.15, 0.2) is 6.23 Å². The molecule has 0 saturated carbocycles. The number of methoxy groups -OCH3 is 1. The minimum absolute atomic E-state index is 0.347. The van der Waals surface area contributed by atoms with Gasteiger partial charge in [0.2, 0.25) is 0 Å². The van der Waals surface area contributed by atoms with E-state index in [0.717, 1.165) is 0 Å². The van der Waals surface area contributed by atoms with Crippen molar-refractivity contribution in [3.8, 4) is 0 Å². The van der Waals surface area contributed by atoms with E-state index in [1.54, 1.807) is 6.92 Å². The maximum absolute atomic E-state index is 10.7. The Balaban J connectivity index is 3.62. The van der Waals surface area contributed by atoms with Gasteiger partial charge < -0.3 is 9.47 Å². The summed E-state index contributed by atoms with van der Waals surface area (Å²) in [6, 6.07) is 0. The van der Waals surface area contributed by atoms with Crippen molar-refractivity contribution >= 4 is 6.09 Å². The smallest absolute Gasteiger partial charge is 0.409 e. The molecular weight excluding hydrogens is 146 g/mol. The monoisotopic (exact) mass is 159 g/mol. The normalized spacial score (nSPS) is 11.8. The van der Waals surface area contributed by atoms with Gasteiger partial charge in [-0.3, -0.25) is 5.32 Å². The van der Waals surface area contributed by atoms with Gasteiger partial charge in [-0.05, 0) is 13.0 Å². The summed E-state index contributed by atoms with van der Waals surface area (Å²) in [5, 5.41) is 2.42. The van der Waals surface area contributed by atoms with Crippen LogP contribution in [0.1, 0.15) is 6.92 Å². The minimum atomic E-state index is -0.501. The molecule has 0 saturated heterocycles. The number of alkyl carbamates (subject to hydrolysis) is 1. The second-order valence-electron chi connectivity index (χ2n) is 1.76. The number of nitrogens with one attached hydrogen (secondary N) is 1. The lowest BCUT2D eigenvalue weighted by Crippen LogP contribution is -2.34. The molecule has 0 aromatic rings. The summed E-state index contributed by atoms with van der Waals surface area (Å²) in [4.78, 5) is 10.7. The van der Waals surface area contributed by atoms with Gasteiger partial charge in [0.05, 0.1) is 6.61 Å². The highest BCUT2D eigenvalue weighted by Crippen LogP contribution is 1.86. The Kier molecular flexibility index (Phi) is 5.20.